The maximum Gasteiger partial charge on any atom is -0.0222 e. The molecule has 1 aliphatic rings. The van der Waals surface area contributed by atoms with E-state index in [4.69, 9.17) is 0 Å². The van der Waals surface area contributed by atoms with Crippen LogP contribution in [-0.4, -0.2) is 0 Å². The predicted octanol–water partition coefficient (Wildman–Crippen LogP) is 3.16. The Kier molecular flexibility index (Phi) is 3.29. The van der Waals surface area contributed by atoms with Crippen molar-refractivity contribution in [3.8, 4) is 0 Å². The molecule has 0 amide bonds. The summed E-state index contributed by atoms with van der Waals surface area (Å²) in [5.74, 6) is 0.764. The van der Waals surface area contributed by atoms with E-state index in [1.807, 2.05) is 0 Å². The lowest BCUT2D eigenvalue weighted by molar-refractivity contribution is 0.729. The molecule has 1 atom stereocenters. The van der Waals surface area contributed by atoms with Gasteiger partial charge in [-0.05, 0) is 19.3 Å². The van der Waals surface area contributed by atoms with Crippen molar-refractivity contribution in [3.05, 3.63) is 23.8 Å². The summed E-state index contributed by atoms with van der Waals surface area (Å²) in [6.45, 7) is 4.39. The maximum atomic E-state index is 2.31. The van der Waals surface area contributed by atoms with Gasteiger partial charge >= 0.3 is 0 Å². The fourth-order valence-corrected chi connectivity index (χ4v) is 1.04. The summed E-state index contributed by atoms with van der Waals surface area (Å²) in [4.78, 5) is 0. The third kappa shape index (κ3) is 2.50. The standard InChI is InChI=1S/C8H12.CH4/c1-7-4-3-5-8(2)6-7;/h3-4,6,8H,5H2,1-2H3;1H4. The van der Waals surface area contributed by atoms with Gasteiger partial charge in [0.05, 0.1) is 0 Å². The third-order valence-electron chi connectivity index (χ3n) is 1.44. The molecule has 9 heavy (non-hydrogen) atoms. The van der Waals surface area contributed by atoms with Crippen LogP contribution in [0, 0.1) is 5.92 Å². The summed E-state index contributed by atoms with van der Waals surface area (Å²) in [6, 6.07) is 0. The molecule has 1 aliphatic carbocycles. The smallest absolute Gasteiger partial charge is 0.0222 e. The molecule has 0 saturated heterocycles. The first-order chi connectivity index (χ1) is 3.79. The summed E-state index contributed by atoms with van der Waals surface area (Å²) in [5, 5.41) is 0. The molecule has 1 unspecified atom stereocenters. The van der Waals surface area contributed by atoms with Crippen molar-refractivity contribution in [1.82, 2.24) is 0 Å². The fraction of sp³-hybridized carbons (Fsp3) is 0.556. The Labute approximate surface area is 58.3 Å². The van der Waals surface area contributed by atoms with E-state index in [1.54, 1.807) is 0 Å². The lowest BCUT2D eigenvalue weighted by Crippen LogP contribution is -1.91. The van der Waals surface area contributed by atoms with Crippen molar-refractivity contribution in [2.45, 2.75) is 27.7 Å². The first-order valence-electron chi connectivity index (χ1n) is 3.14. The lowest BCUT2D eigenvalue weighted by Gasteiger charge is -2.07. The highest BCUT2D eigenvalue weighted by Crippen LogP contribution is 2.14. The largest absolute Gasteiger partial charge is 0.0837 e. The molecule has 0 bridgehead atoms. The van der Waals surface area contributed by atoms with Gasteiger partial charge in [0, 0.05) is 0 Å². The van der Waals surface area contributed by atoms with Crippen LogP contribution in [0.25, 0.3) is 0 Å². The highest BCUT2D eigenvalue weighted by Gasteiger charge is 1.98. The summed E-state index contributed by atoms with van der Waals surface area (Å²) in [5.41, 5.74) is 1.41. The molecule has 1 rings (SSSR count). The van der Waals surface area contributed by atoms with Gasteiger partial charge in [-0.3, -0.25) is 0 Å². The minimum atomic E-state index is 0. The zero-order valence-electron chi connectivity index (χ0n) is 5.52. The Hall–Kier alpha value is -0.520. The van der Waals surface area contributed by atoms with E-state index in [0.29, 0.717) is 0 Å². The minimum absolute atomic E-state index is 0. The molecule has 0 aromatic heterocycles. The monoisotopic (exact) mass is 124 g/mol. The first kappa shape index (κ1) is 8.48. The molecule has 0 nitrogen and oxygen atoms in total. The van der Waals surface area contributed by atoms with Gasteiger partial charge in [0.25, 0.3) is 0 Å². The average Bonchev–Trinajstić information content (AvgIpc) is 1.64. The minimum Gasteiger partial charge on any atom is -0.0837 e. The summed E-state index contributed by atoms with van der Waals surface area (Å²) in [6.07, 6.45) is 7.94. The molecule has 0 heteroatoms. The zero-order valence-corrected chi connectivity index (χ0v) is 5.52. The van der Waals surface area contributed by atoms with Gasteiger partial charge in [0.1, 0.15) is 0 Å². The molecule has 0 N–H and O–H groups in total. The van der Waals surface area contributed by atoms with Gasteiger partial charge in [-0.1, -0.05) is 38.2 Å². The van der Waals surface area contributed by atoms with Crippen LogP contribution < -0.4 is 0 Å². The van der Waals surface area contributed by atoms with Crippen LogP contribution in [0.4, 0.5) is 0 Å². The molecule has 0 heterocycles. The quantitative estimate of drug-likeness (QED) is 0.465. The van der Waals surface area contributed by atoms with Gasteiger partial charge in [-0.15, -0.1) is 0 Å². The molecular formula is C9H16. The molecule has 0 fully saturated rings. The zero-order chi connectivity index (χ0) is 5.98. The third-order valence-corrected chi connectivity index (χ3v) is 1.44. The van der Waals surface area contributed by atoms with Crippen LogP contribution in [0.15, 0.2) is 23.8 Å². The van der Waals surface area contributed by atoms with Crippen molar-refractivity contribution >= 4 is 0 Å². The first-order valence-corrected chi connectivity index (χ1v) is 3.14. The molecule has 0 saturated carbocycles. The Bertz CT molecular complexity index is 129. The van der Waals surface area contributed by atoms with Crippen LogP contribution in [0.3, 0.4) is 0 Å². The molecule has 0 aliphatic heterocycles. The Balaban J connectivity index is 0.000000640. The van der Waals surface area contributed by atoms with Crippen molar-refractivity contribution in [3.63, 3.8) is 0 Å². The Morgan fingerprint density at radius 3 is 2.56 bits per heavy atom. The van der Waals surface area contributed by atoms with Crippen LogP contribution in [-0.2, 0) is 0 Å². The molecule has 0 aromatic carbocycles. The van der Waals surface area contributed by atoms with Crippen LogP contribution in [0.1, 0.15) is 27.7 Å². The van der Waals surface area contributed by atoms with Gasteiger partial charge in [-0.25, -0.2) is 0 Å². The number of rotatable bonds is 0. The van der Waals surface area contributed by atoms with Crippen LogP contribution >= 0.6 is 0 Å². The van der Waals surface area contributed by atoms with E-state index in [1.165, 1.54) is 12.0 Å². The molecule has 0 spiro atoms. The Morgan fingerprint density at radius 2 is 2.22 bits per heavy atom. The van der Waals surface area contributed by atoms with Gasteiger partial charge in [0.15, 0.2) is 0 Å². The highest BCUT2D eigenvalue weighted by atomic mass is 14.0. The normalized spacial score (nSPS) is 24.7. The molecule has 0 aromatic rings. The second-order valence-electron chi connectivity index (χ2n) is 2.53. The summed E-state index contributed by atoms with van der Waals surface area (Å²) in [7, 11) is 0. The van der Waals surface area contributed by atoms with Crippen molar-refractivity contribution < 1.29 is 0 Å². The second-order valence-corrected chi connectivity index (χ2v) is 2.53. The van der Waals surface area contributed by atoms with E-state index in [2.05, 4.69) is 32.1 Å². The van der Waals surface area contributed by atoms with E-state index >= 15 is 0 Å². The number of hydrogen-bond acceptors (Lipinski definition) is 0. The van der Waals surface area contributed by atoms with Crippen molar-refractivity contribution in [2.24, 2.45) is 5.92 Å². The fourth-order valence-electron chi connectivity index (χ4n) is 1.04. The van der Waals surface area contributed by atoms with Crippen molar-refractivity contribution in [1.29, 1.82) is 0 Å². The summed E-state index contributed by atoms with van der Waals surface area (Å²) < 4.78 is 0. The van der Waals surface area contributed by atoms with E-state index < -0.39 is 0 Å². The molecular weight excluding hydrogens is 108 g/mol. The van der Waals surface area contributed by atoms with Crippen LogP contribution in [0.2, 0.25) is 0 Å². The molecule has 0 radical (unpaired) electrons. The van der Waals surface area contributed by atoms with Gasteiger partial charge < -0.3 is 0 Å². The van der Waals surface area contributed by atoms with E-state index in [0.717, 1.165) is 5.92 Å². The average molecular weight is 124 g/mol. The lowest BCUT2D eigenvalue weighted by atomic mass is 9.99. The van der Waals surface area contributed by atoms with Gasteiger partial charge in [0.2, 0.25) is 0 Å². The maximum absolute atomic E-state index is 2.31. The SMILES string of the molecule is C.CC1=CC(C)CC=C1. The predicted molar refractivity (Wildman–Crippen MR) is 43.4 cm³/mol. The summed E-state index contributed by atoms with van der Waals surface area (Å²) >= 11 is 0. The van der Waals surface area contributed by atoms with E-state index in [-0.39, 0.29) is 7.43 Å². The number of allylic oxidation sites excluding steroid dienone is 4. The van der Waals surface area contributed by atoms with E-state index in [9.17, 15) is 0 Å². The van der Waals surface area contributed by atoms with Crippen LogP contribution in [0.5, 0.6) is 0 Å². The van der Waals surface area contributed by atoms with Crippen molar-refractivity contribution in [2.75, 3.05) is 0 Å². The highest BCUT2D eigenvalue weighted by molar-refractivity contribution is 5.20. The van der Waals surface area contributed by atoms with Gasteiger partial charge in [-0.2, -0.15) is 0 Å². The molecule has 52 valence electrons. The second kappa shape index (κ2) is 3.49. The number of hydrogen-bond donors (Lipinski definition) is 0. The Morgan fingerprint density at radius 1 is 1.56 bits per heavy atom. The topological polar surface area (TPSA) is 0 Å².